The maximum absolute atomic E-state index is 12.6. The van der Waals surface area contributed by atoms with Gasteiger partial charge in [0.05, 0.1) is 12.8 Å². The molecule has 2 rings (SSSR count). The largest absolute Gasteiger partial charge is 0.495 e. The molecule has 0 aliphatic heterocycles. The van der Waals surface area contributed by atoms with E-state index in [-0.39, 0.29) is 0 Å². The Morgan fingerprint density at radius 3 is 2.38 bits per heavy atom. The van der Waals surface area contributed by atoms with Gasteiger partial charge in [0.15, 0.2) is 0 Å². The SMILES string of the molecule is CCNC(=O)NC(=O)[C@@H](Nc1ccccc1OC)c1ccccc1. The number of methoxy groups -OCH3 is 1. The highest BCUT2D eigenvalue weighted by atomic mass is 16.5. The van der Waals surface area contributed by atoms with E-state index in [9.17, 15) is 9.59 Å². The number of benzene rings is 2. The number of amides is 3. The molecule has 0 radical (unpaired) electrons. The van der Waals surface area contributed by atoms with E-state index >= 15 is 0 Å². The monoisotopic (exact) mass is 327 g/mol. The summed E-state index contributed by atoms with van der Waals surface area (Å²) in [5, 5.41) is 8.04. The molecule has 3 amide bonds. The Morgan fingerprint density at radius 2 is 1.71 bits per heavy atom. The first kappa shape index (κ1) is 17.3. The zero-order valence-corrected chi connectivity index (χ0v) is 13.7. The number of carbonyl (C=O) groups excluding carboxylic acids is 2. The number of anilines is 1. The Balaban J connectivity index is 2.26. The quantitative estimate of drug-likeness (QED) is 0.762. The molecule has 126 valence electrons. The van der Waals surface area contributed by atoms with E-state index in [1.807, 2.05) is 48.5 Å². The van der Waals surface area contributed by atoms with Crippen molar-refractivity contribution in [1.29, 1.82) is 0 Å². The van der Waals surface area contributed by atoms with Gasteiger partial charge in [0.25, 0.3) is 5.91 Å². The number of nitrogens with one attached hydrogen (secondary N) is 3. The van der Waals surface area contributed by atoms with Crippen LogP contribution in [0.5, 0.6) is 5.75 Å². The van der Waals surface area contributed by atoms with Gasteiger partial charge < -0.3 is 15.4 Å². The van der Waals surface area contributed by atoms with Crippen molar-refractivity contribution in [2.45, 2.75) is 13.0 Å². The lowest BCUT2D eigenvalue weighted by Gasteiger charge is -2.21. The molecule has 0 aliphatic rings. The van der Waals surface area contributed by atoms with Crippen molar-refractivity contribution in [3.63, 3.8) is 0 Å². The summed E-state index contributed by atoms with van der Waals surface area (Å²) in [5.41, 5.74) is 1.41. The molecule has 0 saturated carbocycles. The average Bonchev–Trinajstić information content (AvgIpc) is 2.60. The fourth-order valence-corrected chi connectivity index (χ4v) is 2.25. The van der Waals surface area contributed by atoms with Crippen LogP contribution in [0.2, 0.25) is 0 Å². The average molecular weight is 327 g/mol. The first-order valence-corrected chi connectivity index (χ1v) is 7.69. The molecule has 0 spiro atoms. The van der Waals surface area contributed by atoms with E-state index in [1.165, 1.54) is 0 Å². The van der Waals surface area contributed by atoms with Crippen LogP contribution in [0.25, 0.3) is 0 Å². The van der Waals surface area contributed by atoms with Crippen LogP contribution in [0.15, 0.2) is 54.6 Å². The summed E-state index contributed by atoms with van der Waals surface area (Å²) in [6.07, 6.45) is 0. The van der Waals surface area contributed by atoms with E-state index < -0.39 is 18.0 Å². The van der Waals surface area contributed by atoms with E-state index in [4.69, 9.17) is 4.74 Å². The summed E-state index contributed by atoms with van der Waals surface area (Å²) in [7, 11) is 1.56. The number of rotatable bonds is 6. The Morgan fingerprint density at radius 1 is 1.04 bits per heavy atom. The molecule has 0 heterocycles. The van der Waals surface area contributed by atoms with Crippen LogP contribution in [-0.4, -0.2) is 25.6 Å². The summed E-state index contributed by atoms with van der Waals surface area (Å²) in [6.45, 7) is 2.22. The fourth-order valence-electron chi connectivity index (χ4n) is 2.25. The third-order valence-corrected chi connectivity index (χ3v) is 3.38. The lowest BCUT2D eigenvalue weighted by molar-refractivity contribution is -0.120. The smallest absolute Gasteiger partial charge is 0.321 e. The molecule has 6 nitrogen and oxygen atoms in total. The summed E-state index contributed by atoms with van der Waals surface area (Å²) in [5.74, 6) is 0.169. The maximum atomic E-state index is 12.6. The topological polar surface area (TPSA) is 79.5 Å². The number of urea groups is 1. The van der Waals surface area contributed by atoms with Crippen molar-refractivity contribution >= 4 is 17.6 Å². The third-order valence-electron chi connectivity index (χ3n) is 3.38. The second kappa shape index (κ2) is 8.57. The molecule has 2 aromatic carbocycles. The third kappa shape index (κ3) is 4.49. The minimum atomic E-state index is -0.731. The predicted molar refractivity (Wildman–Crippen MR) is 93.0 cm³/mol. The van der Waals surface area contributed by atoms with E-state index in [0.29, 0.717) is 18.0 Å². The maximum Gasteiger partial charge on any atom is 0.321 e. The van der Waals surface area contributed by atoms with Crippen LogP contribution >= 0.6 is 0 Å². The predicted octanol–water partition coefficient (Wildman–Crippen LogP) is 2.69. The second-order valence-electron chi connectivity index (χ2n) is 5.04. The molecule has 1 atom stereocenters. The summed E-state index contributed by atoms with van der Waals surface area (Å²) in [4.78, 5) is 24.2. The standard InChI is InChI=1S/C18H21N3O3/c1-3-19-18(23)21-17(22)16(13-9-5-4-6-10-13)20-14-11-7-8-12-15(14)24-2/h4-12,16,20H,3H2,1-2H3,(H2,19,21,22,23)/t16-/m0/s1. The van der Waals surface area contributed by atoms with Gasteiger partial charge >= 0.3 is 6.03 Å². The highest BCUT2D eigenvalue weighted by Gasteiger charge is 2.23. The van der Waals surface area contributed by atoms with Crippen molar-refractivity contribution in [2.75, 3.05) is 19.0 Å². The normalized spacial score (nSPS) is 11.2. The first-order valence-electron chi connectivity index (χ1n) is 7.69. The van der Waals surface area contributed by atoms with Crippen molar-refractivity contribution < 1.29 is 14.3 Å². The number of hydrogen-bond donors (Lipinski definition) is 3. The molecule has 0 saturated heterocycles. The molecule has 0 aliphatic carbocycles. The number of imide groups is 1. The Labute approximate surface area is 141 Å². The number of carbonyl (C=O) groups is 2. The highest BCUT2D eigenvalue weighted by Crippen LogP contribution is 2.28. The Bertz CT molecular complexity index is 689. The molecular formula is C18H21N3O3. The van der Waals surface area contributed by atoms with Gasteiger partial charge in [-0.25, -0.2) is 4.79 Å². The van der Waals surface area contributed by atoms with E-state index in [2.05, 4.69) is 16.0 Å². The fraction of sp³-hybridized carbons (Fsp3) is 0.222. The Hall–Kier alpha value is -3.02. The summed E-state index contributed by atoms with van der Waals surface area (Å²) < 4.78 is 5.31. The summed E-state index contributed by atoms with van der Waals surface area (Å²) in [6, 6.07) is 15.2. The van der Waals surface area contributed by atoms with Gasteiger partial charge in [-0.2, -0.15) is 0 Å². The molecule has 0 aromatic heterocycles. The van der Waals surface area contributed by atoms with Crippen molar-refractivity contribution in [3.8, 4) is 5.75 Å². The first-order chi connectivity index (χ1) is 11.7. The van der Waals surface area contributed by atoms with Gasteiger partial charge in [0, 0.05) is 6.54 Å². The minimum Gasteiger partial charge on any atom is -0.495 e. The number of hydrogen-bond acceptors (Lipinski definition) is 4. The zero-order chi connectivity index (χ0) is 17.4. The van der Waals surface area contributed by atoms with Crippen LogP contribution in [0.4, 0.5) is 10.5 Å². The molecular weight excluding hydrogens is 306 g/mol. The number of ether oxygens (including phenoxy) is 1. The number of para-hydroxylation sites is 2. The van der Waals surface area contributed by atoms with E-state index in [0.717, 1.165) is 5.56 Å². The highest BCUT2D eigenvalue weighted by molar-refractivity contribution is 5.98. The van der Waals surface area contributed by atoms with Crippen LogP contribution in [0.1, 0.15) is 18.5 Å². The molecule has 6 heteroatoms. The molecule has 0 unspecified atom stereocenters. The van der Waals surface area contributed by atoms with Gasteiger partial charge in [-0.05, 0) is 24.6 Å². The van der Waals surface area contributed by atoms with Gasteiger partial charge in [-0.15, -0.1) is 0 Å². The minimum absolute atomic E-state index is 0.440. The van der Waals surface area contributed by atoms with Gasteiger partial charge in [-0.3, -0.25) is 10.1 Å². The van der Waals surface area contributed by atoms with Gasteiger partial charge in [0.2, 0.25) is 0 Å². The van der Waals surface area contributed by atoms with Crippen LogP contribution in [0, 0.1) is 0 Å². The Kier molecular flexibility index (Phi) is 6.19. The van der Waals surface area contributed by atoms with Crippen molar-refractivity contribution in [1.82, 2.24) is 10.6 Å². The van der Waals surface area contributed by atoms with Crippen molar-refractivity contribution in [3.05, 3.63) is 60.2 Å². The second-order valence-corrected chi connectivity index (χ2v) is 5.04. The molecule has 3 N–H and O–H groups in total. The summed E-state index contributed by atoms with van der Waals surface area (Å²) >= 11 is 0. The van der Waals surface area contributed by atoms with Crippen LogP contribution in [0.3, 0.4) is 0 Å². The molecule has 0 fully saturated rings. The van der Waals surface area contributed by atoms with Crippen LogP contribution < -0.4 is 20.7 Å². The molecule has 0 bridgehead atoms. The zero-order valence-electron chi connectivity index (χ0n) is 13.7. The van der Waals surface area contributed by atoms with Gasteiger partial charge in [-0.1, -0.05) is 42.5 Å². The lowest BCUT2D eigenvalue weighted by Crippen LogP contribution is -2.43. The van der Waals surface area contributed by atoms with Crippen molar-refractivity contribution in [2.24, 2.45) is 0 Å². The van der Waals surface area contributed by atoms with E-state index in [1.54, 1.807) is 20.1 Å². The van der Waals surface area contributed by atoms with Crippen LogP contribution in [-0.2, 0) is 4.79 Å². The lowest BCUT2D eigenvalue weighted by atomic mass is 10.1. The molecule has 24 heavy (non-hydrogen) atoms. The van der Waals surface area contributed by atoms with Gasteiger partial charge in [0.1, 0.15) is 11.8 Å². The molecule has 2 aromatic rings.